The molecule has 0 spiro atoms. The van der Waals surface area contributed by atoms with Gasteiger partial charge in [0.1, 0.15) is 28.6 Å². The van der Waals surface area contributed by atoms with Gasteiger partial charge >= 0.3 is 0 Å². The number of benzene rings is 1. The Morgan fingerprint density at radius 2 is 2.05 bits per heavy atom. The summed E-state index contributed by atoms with van der Waals surface area (Å²) in [5, 5.41) is 8.92. The lowest BCUT2D eigenvalue weighted by Gasteiger charge is -2.09. The molecule has 2 aromatic rings. The lowest BCUT2D eigenvalue weighted by Crippen LogP contribution is -2.00. The van der Waals surface area contributed by atoms with E-state index in [1.54, 1.807) is 6.07 Å². The molecule has 0 radical (unpaired) electrons. The maximum Gasteiger partial charge on any atom is 0.224 e. The highest BCUT2D eigenvalue weighted by Gasteiger charge is 2.10. The van der Waals surface area contributed by atoms with Crippen LogP contribution in [0.3, 0.4) is 0 Å². The van der Waals surface area contributed by atoms with E-state index < -0.39 is 5.82 Å². The summed E-state index contributed by atoms with van der Waals surface area (Å²) in [6.45, 7) is 3.85. The largest absolute Gasteiger partial charge is 0.439 e. The van der Waals surface area contributed by atoms with Crippen molar-refractivity contribution in [2.75, 3.05) is 0 Å². The Morgan fingerprint density at radius 1 is 1.30 bits per heavy atom. The van der Waals surface area contributed by atoms with Gasteiger partial charge in [0.2, 0.25) is 5.88 Å². The number of rotatable bonds is 3. The minimum Gasteiger partial charge on any atom is -0.439 e. The quantitative estimate of drug-likeness (QED) is 0.800. The molecule has 0 aliphatic heterocycles. The summed E-state index contributed by atoms with van der Waals surface area (Å²) >= 11 is 5.89. The standard InChI is InChI=1S/C14H11ClFN3O/c1-8(2)14-18-12(15)6-13(19-14)20-10-4-3-9(7-17)11(16)5-10/h3-6,8H,1-2H3. The molecule has 0 saturated carbocycles. The molecule has 0 aliphatic rings. The molecular weight excluding hydrogens is 281 g/mol. The lowest BCUT2D eigenvalue weighted by molar-refractivity contribution is 0.452. The van der Waals surface area contributed by atoms with Crippen molar-refractivity contribution in [3.8, 4) is 17.7 Å². The fourth-order valence-corrected chi connectivity index (χ4v) is 1.67. The van der Waals surface area contributed by atoms with Gasteiger partial charge in [0.15, 0.2) is 0 Å². The first-order valence-corrected chi connectivity index (χ1v) is 6.29. The molecule has 1 heterocycles. The van der Waals surface area contributed by atoms with Crippen molar-refractivity contribution in [2.45, 2.75) is 19.8 Å². The second-order valence-corrected chi connectivity index (χ2v) is 4.78. The van der Waals surface area contributed by atoms with E-state index >= 15 is 0 Å². The first kappa shape index (κ1) is 14.2. The smallest absolute Gasteiger partial charge is 0.224 e. The van der Waals surface area contributed by atoms with Crippen molar-refractivity contribution in [3.05, 3.63) is 46.6 Å². The van der Waals surface area contributed by atoms with Crippen LogP contribution in [0, 0.1) is 17.1 Å². The Labute approximate surface area is 120 Å². The zero-order chi connectivity index (χ0) is 14.7. The summed E-state index contributed by atoms with van der Waals surface area (Å²) in [6.07, 6.45) is 0. The molecule has 0 unspecified atom stereocenters. The highest BCUT2D eigenvalue weighted by Crippen LogP contribution is 2.25. The number of nitriles is 1. The molecule has 1 aromatic heterocycles. The molecule has 0 N–H and O–H groups in total. The van der Waals surface area contributed by atoms with Gasteiger partial charge in [0.25, 0.3) is 0 Å². The van der Waals surface area contributed by atoms with E-state index in [0.717, 1.165) is 6.07 Å². The van der Waals surface area contributed by atoms with E-state index in [1.807, 2.05) is 13.8 Å². The van der Waals surface area contributed by atoms with E-state index in [-0.39, 0.29) is 28.3 Å². The number of halogens is 2. The maximum absolute atomic E-state index is 13.5. The molecule has 0 bridgehead atoms. The SMILES string of the molecule is CC(C)c1nc(Cl)cc(Oc2ccc(C#N)c(F)c2)n1. The molecular formula is C14H11ClFN3O. The van der Waals surface area contributed by atoms with Crippen LogP contribution in [-0.2, 0) is 0 Å². The topological polar surface area (TPSA) is 58.8 Å². The van der Waals surface area contributed by atoms with Crippen LogP contribution in [-0.4, -0.2) is 9.97 Å². The molecule has 102 valence electrons. The van der Waals surface area contributed by atoms with E-state index in [2.05, 4.69) is 9.97 Å². The summed E-state index contributed by atoms with van der Waals surface area (Å²) in [6, 6.07) is 7.16. The van der Waals surface area contributed by atoms with Crippen LogP contribution in [0.4, 0.5) is 4.39 Å². The summed E-state index contributed by atoms with van der Waals surface area (Å²) < 4.78 is 18.9. The fraction of sp³-hybridized carbons (Fsp3) is 0.214. The monoisotopic (exact) mass is 291 g/mol. The van der Waals surface area contributed by atoms with E-state index in [4.69, 9.17) is 21.6 Å². The molecule has 0 fully saturated rings. The molecule has 2 rings (SSSR count). The van der Waals surface area contributed by atoms with Gasteiger partial charge in [-0.05, 0) is 12.1 Å². The first-order valence-electron chi connectivity index (χ1n) is 5.91. The van der Waals surface area contributed by atoms with Gasteiger partial charge in [-0.1, -0.05) is 25.4 Å². The Bertz CT molecular complexity index is 683. The zero-order valence-electron chi connectivity index (χ0n) is 10.9. The van der Waals surface area contributed by atoms with Gasteiger partial charge in [0, 0.05) is 18.1 Å². The van der Waals surface area contributed by atoms with Crippen molar-refractivity contribution in [3.63, 3.8) is 0 Å². The van der Waals surface area contributed by atoms with E-state index in [1.165, 1.54) is 18.2 Å². The third kappa shape index (κ3) is 3.22. The molecule has 4 nitrogen and oxygen atoms in total. The average Bonchev–Trinajstić information content (AvgIpc) is 2.38. The summed E-state index contributed by atoms with van der Waals surface area (Å²) in [7, 11) is 0. The van der Waals surface area contributed by atoms with Crippen molar-refractivity contribution in [1.29, 1.82) is 5.26 Å². The fourth-order valence-electron chi connectivity index (χ4n) is 1.49. The number of ether oxygens (including phenoxy) is 1. The first-order chi connectivity index (χ1) is 9.49. The van der Waals surface area contributed by atoms with Crippen LogP contribution in [0.1, 0.15) is 31.2 Å². The van der Waals surface area contributed by atoms with Crippen LogP contribution in [0.5, 0.6) is 11.6 Å². The second-order valence-electron chi connectivity index (χ2n) is 4.40. The van der Waals surface area contributed by atoms with Crippen molar-refractivity contribution in [1.82, 2.24) is 9.97 Å². The summed E-state index contributed by atoms with van der Waals surface area (Å²) in [5.41, 5.74) is -0.0408. The van der Waals surface area contributed by atoms with Crippen LogP contribution in [0.25, 0.3) is 0 Å². The van der Waals surface area contributed by atoms with Gasteiger partial charge in [-0.25, -0.2) is 9.37 Å². The number of nitrogens with zero attached hydrogens (tertiary/aromatic N) is 3. The Balaban J connectivity index is 2.30. The van der Waals surface area contributed by atoms with Crippen molar-refractivity contribution < 1.29 is 9.13 Å². The van der Waals surface area contributed by atoms with Gasteiger partial charge < -0.3 is 4.74 Å². The van der Waals surface area contributed by atoms with Gasteiger partial charge in [-0.15, -0.1) is 0 Å². The van der Waals surface area contributed by atoms with Crippen molar-refractivity contribution in [2.24, 2.45) is 0 Å². The minimum absolute atomic E-state index is 0.0408. The van der Waals surface area contributed by atoms with Gasteiger partial charge in [-0.3, -0.25) is 0 Å². The van der Waals surface area contributed by atoms with Crippen molar-refractivity contribution >= 4 is 11.6 Å². The molecule has 1 aromatic carbocycles. The Morgan fingerprint density at radius 3 is 2.65 bits per heavy atom. The van der Waals surface area contributed by atoms with Crippen LogP contribution >= 0.6 is 11.6 Å². The third-order valence-electron chi connectivity index (χ3n) is 2.49. The molecule has 0 amide bonds. The average molecular weight is 292 g/mol. The predicted molar refractivity (Wildman–Crippen MR) is 72.3 cm³/mol. The van der Waals surface area contributed by atoms with Gasteiger partial charge in [0.05, 0.1) is 5.56 Å². The lowest BCUT2D eigenvalue weighted by atomic mass is 10.2. The van der Waals surface area contributed by atoms with Gasteiger partial charge in [-0.2, -0.15) is 10.2 Å². The normalized spacial score (nSPS) is 10.4. The molecule has 6 heteroatoms. The number of hydrogen-bond donors (Lipinski definition) is 0. The van der Waals surface area contributed by atoms with Crippen LogP contribution in [0.15, 0.2) is 24.3 Å². The molecule has 0 atom stereocenters. The molecule has 20 heavy (non-hydrogen) atoms. The molecule has 0 saturated heterocycles. The summed E-state index contributed by atoms with van der Waals surface area (Å²) in [5.74, 6) is 0.466. The Kier molecular flexibility index (Phi) is 4.16. The minimum atomic E-state index is -0.644. The third-order valence-corrected chi connectivity index (χ3v) is 2.68. The highest BCUT2D eigenvalue weighted by atomic mass is 35.5. The second kappa shape index (κ2) is 5.85. The maximum atomic E-state index is 13.5. The molecule has 0 aliphatic carbocycles. The predicted octanol–water partition coefficient (Wildman–Crippen LogP) is 4.06. The van der Waals surface area contributed by atoms with E-state index in [0.29, 0.717) is 5.82 Å². The Hall–Kier alpha value is -2.19. The van der Waals surface area contributed by atoms with E-state index in [9.17, 15) is 4.39 Å². The zero-order valence-corrected chi connectivity index (χ0v) is 11.6. The number of hydrogen-bond acceptors (Lipinski definition) is 4. The summed E-state index contributed by atoms with van der Waals surface area (Å²) in [4.78, 5) is 8.27. The number of aromatic nitrogens is 2. The highest BCUT2D eigenvalue weighted by molar-refractivity contribution is 6.29. The van der Waals surface area contributed by atoms with Crippen LogP contribution in [0.2, 0.25) is 5.15 Å². The van der Waals surface area contributed by atoms with Crippen LogP contribution < -0.4 is 4.74 Å².